The second-order valence-corrected chi connectivity index (χ2v) is 7.61. The van der Waals surface area contributed by atoms with E-state index < -0.39 is 29.2 Å². The van der Waals surface area contributed by atoms with Crippen molar-refractivity contribution in [3.63, 3.8) is 0 Å². The molecule has 1 aromatic carbocycles. The number of hydroxylamine groups is 1. The van der Waals surface area contributed by atoms with E-state index in [2.05, 4.69) is 5.10 Å². The van der Waals surface area contributed by atoms with Crippen LogP contribution in [0.2, 0.25) is 0 Å². The van der Waals surface area contributed by atoms with Gasteiger partial charge in [0, 0.05) is 13.5 Å². The summed E-state index contributed by atoms with van der Waals surface area (Å²) in [6.07, 6.45) is 1.84. The molecule has 0 radical (unpaired) electrons. The maximum absolute atomic E-state index is 13.0. The minimum Gasteiger partial charge on any atom is -0.289 e. The fraction of sp³-hybridized carbons (Fsp3) is 0.500. The number of H-pyrrole nitrogens is 1. The topological polar surface area (TPSA) is 129 Å². The standard InChI is InChI=1S/C20H29N5O5/c1-14(2)12-13-17(26)24(25-19(28)21-23(3)20(25)29)16(18(27)22-30)11-7-10-15-8-5-4-6-9-15/h4-6,8-9,14,16,30H,7,10-13H2,1-3H3,(H,21,28)(H,22,27)/t16-/m0/s1. The number of aromatic amines is 1. The molecule has 30 heavy (non-hydrogen) atoms. The van der Waals surface area contributed by atoms with Gasteiger partial charge in [0.2, 0.25) is 5.91 Å². The van der Waals surface area contributed by atoms with Gasteiger partial charge in [-0.1, -0.05) is 44.2 Å². The molecular weight excluding hydrogens is 390 g/mol. The first-order chi connectivity index (χ1) is 14.3. The highest BCUT2D eigenvalue weighted by molar-refractivity contribution is 5.94. The van der Waals surface area contributed by atoms with Crippen LogP contribution in [0.3, 0.4) is 0 Å². The number of hydrogen-bond donors (Lipinski definition) is 3. The Bertz CT molecular complexity index is 960. The number of rotatable bonds is 10. The summed E-state index contributed by atoms with van der Waals surface area (Å²) in [6.45, 7) is 3.88. The van der Waals surface area contributed by atoms with Crippen LogP contribution in [0.1, 0.15) is 45.1 Å². The Morgan fingerprint density at radius 2 is 1.83 bits per heavy atom. The summed E-state index contributed by atoms with van der Waals surface area (Å²) in [7, 11) is 1.34. The molecular formula is C20H29N5O5. The van der Waals surface area contributed by atoms with Crippen LogP contribution in [0, 0.1) is 5.92 Å². The second kappa shape index (κ2) is 10.6. The predicted octanol–water partition coefficient (Wildman–Crippen LogP) is 0.673. The fourth-order valence-electron chi connectivity index (χ4n) is 3.19. The third-order valence-electron chi connectivity index (χ3n) is 4.82. The first kappa shape index (κ1) is 23.1. The van der Waals surface area contributed by atoms with Gasteiger partial charge in [0.15, 0.2) is 0 Å². The van der Waals surface area contributed by atoms with Crippen LogP contribution >= 0.6 is 0 Å². The Balaban J connectivity index is 2.36. The maximum atomic E-state index is 13.0. The maximum Gasteiger partial charge on any atom is 0.366 e. The van der Waals surface area contributed by atoms with Gasteiger partial charge >= 0.3 is 11.4 Å². The van der Waals surface area contributed by atoms with Crippen molar-refractivity contribution < 1.29 is 14.8 Å². The Labute approximate surface area is 174 Å². The van der Waals surface area contributed by atoms with Crippen molar-refractivity contribution in [1.29, 1.82) is 0 Å². The zero-order valence-electron chi connectivity index (χ0n) is 17.5. The summed E-state index contributed by atoms with van der Waals surface area (Å²) >= 11 is 0. The summed E-state index contributed by atoms with van der Waals surface area (Å²) in [5.41, 5.74) is 0.996. The average molecular weight is 419 g/mol. The SMILES string of the molecule is CC(C)CCC(=O)N([C@@H](CCCc1ccccc1)C(=O)NO)n1c(=O)[nH]n(C)c1=O. The van der Waals surface area contributed by atoms with Crippen molar-refractivity contribution in [2.24, 2.45) is 13.0 Å². The quantitative estimate of drug-likeness (QED) is 0.385. The zero-order chi connectivity index (χ0) is 22.3. The third kappa shape index (κ3) is 5.69. The lowest BCUT2D eigenvalue weighted by atomic mass is 10.0. The summed E-state index contributed by atoms with van der Waals surface area (Å²) in [5, 5.41) is 12.4. The van der Waals surface area contributed by atoms with Crippen molar-refractivity contribution in [1.82, 2.24) is 19.9 Å². The van der Waals surface area contributed by atoms with E-state index in [9.17, 15) is 24.4 Å². The predicted molar refractivity (Wildman–Crippen MR) is 111 cm³/mol. The molecule has 0 bridgehead atoms. The molecule has 1 heterocycles. The van der Waals surface area contributed by atoms with Gasteiger partial charge in [0.25, 0.3) is 5.91 Å². The normalized spacial score (nSPS) is 12.0. The molecule has 2 amide bonds. The lowest BCUT2D eigenvalue weighted by Crippen LogP contribution is -2.60. The van der Waals surface area contributed by atoms with Crippen molar-refractivity contribution in [3.8, 4) is 0 Å². The number of benzene rings is 1. The van der Waals surface area contributed by atoms with E-state index in [0.29, 0.717) is 23.9 Å². The number of amides is 2. The van der Waals surface area contributed by atoms with E-state index in [1.165, 1.54) is 7.05 Å². The summed E-state index contributed by atoms with van der Waals surface area (Å²) < 4.78 is 1.56. The molecule has 164 valence electrons. The van der Waals surface area contributed by atoms with Crippen LogP contribution in [0.4, 0.5) is 0 Å². The van der Waals surface area contributed by atoms with E-state index in [-0.39, 0.29) is 18.8 Å². The van der Waals surface area contributed by atoms with Crippen LogP contribution in [0.5, 0.6) is 0 Å². The van der Waals surface area contributed by atoms with Crippen LogP contribution in [0.25, 0.3) is 0 Å². The van der Waals surface area contributed by atoms with E-state index >= 15 is 0 Å². The molecule has 3 N–H and O–H groups in total. The van der Waals surface area contributed by atoms with E-state index in [0.717, 1.165) is 15.3 Å². The van der Waals surface area contributed by atoms with Crippen LogP contribution in [-0.2, 0) is 23.1 Å². The number of nitrogens with zero attached hydrogens (tertiary/aromatic N) is 3. The molecule has 0 fully saturated rings. The van der Waals surface area contributed by atoms with E-state index in [1.54, 1.807) is 5.48 Å². The minimum atomic E-state index is -1.22. The van der Waals surface area contributed by atoms with Crippen LogP contribution < -0.4 is 21.9 Å². The highest BCUT2D eigenvalue weighted by atomic mass is 16.5. The molecule has 0 saturated heterocycles. The average Bonchev–Trinajstić information content (AvgIpc) is 2.97. The van der Waals surface area contributed by atoms with Gasteiger partial charge in [-0.15, -0.1) is 4.68 Å². The van der Waals surface area contributed by atoms with Gasteiger partial charge in [-0.3, -0.25) is 14.8 Å². The first-order valence-electron chi connectivity index (χ1n) is 9.94. The molecule has 2 rings (SSSR count). The van der Waals surface area contributed by atoms with Crippen molar-refractivity contribution >= 4 is 11.8 Å². The Hall–Kier alpha value is -3.14. The highest BCUT2D eigenvalue weighted by Crippen LogP contribution is 2.13. The van der Waals surface area contributed by atoms with Gasteiger partial charge in [0.1, 0.15) is 6.04 Å². The van der Waals surface area contributed by atoms with E-state index in [4.69, 9.17) is 0 Å². The number of aryl methyl sites for hydroxylation is 2. The van der Waals surface area contributed by atoms with Crippen molar-refractivity contribution in [2.45, 2.75) is 52.0 Å². The number of carbonyl (C=O) groups excluding carboxylic acids is 2. The smallest absolute Gasteiger partial charge is 0.289 e. The second-order valence-electron chi connectivity index (χ2n) is 7.61. The molecule has 0 aliphatic carbocycles. The van der Waals surface area contributed by atoms with Crippen LogP contribution in [0.15, 0.2) is 39.9 Å². The minimum absolute atomic E-state index is 0.0480. The number of aromatic nitrogens is 3. The molecule has 1 atom stereocenters. The molecule has 0 aliphatic heterocycles. The number of nitrogens with one attached hydrogen (secondary N) is 2. The molecule has 0 unspecified atom stereocenters. The number of hydrogen-bond acceptors (Lipinski definition) is 5. The van der Waals surface area contributed by atoms with Gasteiger partial charge in [-0.2, -0.15) is 0 Å². The van der Waals surface area contributed by atoms with E-state index in [1.807, 2.05) is 44.2 Å². The fourth-order valence-corrected chi connectivity index (χ4v) is 3.19. The van der Waals surface area contributed by atoms with Crippen molar-refractivity contribution in [3.05, 3.63) is 56.9 Å². The Kier molecular flexibility index (Phi) is 8.16. The molecule has 1 aromatic heterocycles. The largest absolute Gasteiger partial charge is 0.366 e. The lowest BCUT2D eigenvalue weighted by molar-refractivity contribution is -0.134. The first-order valence-corrected chi connectivity index (χ1v) is 9.94. The summed E-state index contributed by atoms with van der Waals surface area (Å²) in [4.78, 5) is 50.3. The molecule has 2 aromatic rings. The molecule has 0 aliphatic rings. The molecule has 0 saturated carbocycles. The zero-order valence-corrected chi connectivity index (χ0v) is 17.5. The highest BCUT2D eigenvalue weighted by Gasteiger charge is 2.33. The van der Waals surface area contributed by atoms with Crippen molar-refractivity contribution in [2.75, 3.05) is 5.01 Å². The lowest BCUT2D eigenvalue weighted by Gasteiger charge is -2.29. The van der Waals surface area contributed by atoms with Gasteiger partial charge in [-0.05, 0) is 37.2 Å². The summed E-state index contributed by atoms with van der Waals surface area (Å²) in [6, 6.07) is 8.36. The summed E-state index contributed by atoms with van der Waals surface area (Å²) in [5.74, 6) is -1.20. The Morgan fingerprint density at radius 3 is 2.37 bits per heavy atom. The Morgan fingerprint density at radius 1 is 1.17 bits per heavy atom. The molecule has 10 nitrogen and oxygen atoms in total. The monoisotopic (exact) mass is 419 g/mol. The number of carbonyl (C=O) groups is 2. The van der Waals surface area contributed by atoms with Crippen LogP contribution in [-0.4, -0.2) is 37.5 Å². The molecule has 10 heteroatoms. The van der Waals surface area contributed by atoms with Gasteiger partial charge < -0.3 is 0 Å². The molecule has 0 spiro atoms. The van der Waals surface area contributed by atoms with Gasteiger partial charge in [0.05, 0.1) is 0 Å². The van der Waals surface area contributed by atoms with Gasteiger partial charge in [-0.25, -0.2) is 29.9 Å². The third-order valence-corrected chi connectivity index (χ3v) is 4.82.